The van der Waals surface area contributed by atoms with Crippen LogP contribution in [0.2, 0.25) is 0 Å². The molecule has 2 aromatic heterocycles. The molecular formula is C22H20F3N3O2. The Morgan fingerprint density at radius 3 is 2.73 bits per heavy atom. The third kappa shape index (κ3) is 4.69. The van der Waals surface area contributed by atoms with Crippen LogP contribution in [0.1, 0.15) is 36.6 Å². The lowest BCUT2D eigenvalue weighted by Crippen LogP contribution is -2.28. The van der Waals surface area contributed by atoms with Crippen molar-refractivity contribution in [1.82, 2.24) is 15.3 Å². The van der Waals surface area contributed by atoms with Crippen LogP contribution in [-0.2, 0) is 4.79 Å². The van der Waals surface area contributed by atoms with Gasteiger partial charge in [0.05, 0.1) is 11.6 Å². The van der Waals surface area contributed by atoms with Crippen LogP contribution < -0.4 is 10.1 Å². The summed E-state index contributed by atoms with van der Waals surface area (Å²) in [5.74, 6) is -0.222. The molecule has 1 fully saturated rings. The molecule has 156 valence electrons. The molecule has 0 aliphatic heterocycles. The minimum absolute atomic E-state index is 0.0696. The highest BCUT2D eigenvalue weighted by Gasteiger charge is 2.45. The lowest BCUT2D eigenvalue weighted by molar-refractivity contribution is -0.154. The number of alkyl halides is 3. The fraction of sp³-hybridized carbons (Fsp3) is 0.318. The Bertz CT molecular complexity index is 1050. The van der Waals surface area contributed by atoms with Gasteiger partial charge >= 0.3 is 6.18 Å². The Morgan fingerprint density at radius 2 is 2.00 bits per heavy atom. The van der Waals surface area contributed by atoms with Crippen molar-refractivity contribution in [3.63, 3.8) is 0 Å². The normalized spacial score (nSPS) is 19.3. The first kappa shape index (κ1) is 20.1. The Kier molecular flexibility index (Phi) is 5.32. The number of carbonyl (C=O) groups is 1. The molecule has 1 aromatic carbocycles. The van der Waals surface area contributed by atoms with E-state index >= 15 is 0 Å². The highest BCUT2D eigenvalue weighted by molar-refractivity contribution is 5.84. The lowest BCUT2D eigenvalue weighted by Gasteiger charge is -2.15. The molecule has 1 N–H and O–H groups in total. The summed E-state index contributed by atoms with van der Waals surface area (Å²) in [6.45, 7) is 0.411. The third-order valence-corrected chi connectivity index (χ3v) is 5.13. The second kappa shape index (κ2) is 7.93. The molecule has 1 unspecified atom stereocenters. The van der Waals surface area contributed by atoms with Gasteiger partial charge in [0.2, 0.25) is 11.8 Å². The van der Waals surface area contributed by atoms with Crippen molar-refractivity contribution < 1.29 is 22.7 Å². The third-order valence-electron chi connectivity index (χ3n) is 5.13. The molecule has 0 saturated heterocycles. The highest BCUT2D eigenvalue weighted by atomic mass is 19.4. The van der Waals surface area contributed by atoms with Crippen LogP contribution >= 0.6 is 0 Å². The maximum absolute atomic E-state index is 12.6. The number of benzene rings is 1. The van der Waals surface area contributed by atoms with Gasteiger partial charge in [-0.3, -0.25) is 9.78 Å². The van der Waals surface area contributed by atoms with Crippen molar-refractivity contribution >= 4 is 16.8 Å². The molecule has 1 amide bonds. The maximum atomic E-state index is 12.6. The van der Waals surface area contributed by atoms with E-state index in [-0.39, 0.29) is 29.7 Å². The predicted octanol–water partition coefficient (Wildman–Crippen LogP) is 4.55. The van der Waals surface area contributed by atoms with E-state index < -0.39 is 12.8 Å². The summed E-state index contributed by atoms with van der Waals surface area (Å²) in [6, 6.07) is 14.5. The minimum atomic E-state index is -4.41. The summed E-state index contributed by atoms with van der Waals surface area (Å²) in [5, 5.41) is 4.00. The van der Waals surface area contributed by atoms with E-state index in [4.69, 9.17) is 0 Å². The van der Waals surface area contributed by atoms with Gasteiger partial charge in [0.1, 0.15) is 0 Å². The van der Waals surface area contributed by atoms with Crippen molar-refractivity contribution in [2.45, 2.75) is 31.5 Å². The van der Waals surface area contributed by atoms with Crippen molar-refractivity contribution in [3.05, 3.63) is 66.0 Å². The Balaban J connectivity index is 1.33. The molecule has 3 atom stereocenters. The molecule has 4 rings (SSSR count). The second-order valence-corrected chi connectivity index (χ2v) is 7.44. The average Bonchev–Trinajstić information content (AvgIpc) is 3.53. The zero-order chi connectivity index (χ0) is 21.3. The quantitative estimate of drug-likeness (QED) is 0.642. The van der Waals surface area contributed by atoms with Crippen molar-refractivity contribution in [3.8, 4) is 5.88 Å². The maximum Gasteiger partial charge on any atom is 0.422 e. The van der Waals surface area contributed by atoms with Crippen LogP contribution in [0.5, 0.6) is 5.88 Å². The number of ether oxygens (including phenoxy) is 1. The SMILES string of the molecule is CC(NC(=O)[C@@H]1C[C@H]1c1ccc2ccccc2n1)c1ccc(OCC(F)(F)F)nc1. The zero-order valence-corrected chi connectivity index (χ0v) is 16.2. The van der Waals surface area contributed by atoms with Crippen LogP contribution in [0.3, 0.4) is 0 Å². The monoisotopic (exact) mass is 415 g/mol. The number of nitrogens with one attached hydrogen (secondary N) is 1. The number of nitrogens with zero attached hydrogens (tertiary/aromatic N) is 2. The van der Waals surface area contributed by atoms with Crippen LogP contribution in [0.25, 0.3) is 10.9 Å². The van der Waals surface area contributed by atoms with Gasteiger partial charge in [0, 0.05) is 35.2 Å². The Labute approximate surface area is 171 Å². The van der Waals surface area contributed by atoms with Crippen LogP contribution in [0, 0.1) is 5.92 Å². The molecule has 30 heavy (non-hydrogen) atoms. The molecule has 5 nitrogen and oxygen atoms in total. The number of halogens is 3. The molecule has 3 aromatic rings. The van der Waals surface area contributed by atoms with E-state index in [0.29, 0.717) is 5.56 Å². The number of aromatic nitrogens is 2. The molecule has 1 aliphatic rings. The van der Waals surface area contributed by atoms with Crippen LogP contribution in [0.15, 0.2) is 54.7 Å². The molecule has 0 spiro atoms. The summed E-state index contributed by atoms with van der Waals surface area (Å²) in [5.41, 5.74) is 2.51. The van der Waals surface area contributed by atoms with Crippen molar-refractivity contribution in [2.75, 3.05) is 6.61 Å². The van der Waals surface area contributed by atoms with E-state index in [1.807, 2.05) is 36.4 Å². The first-order valence-corrected chi connectivity index (χ1v) is 9.62. The number of para-hydroxylation sites is 1. The topological polar surface area (TPSA) is 64.1 Å². The number of fused-ring (bicyclic) bond motifs is 1. The van der Waals surface area contributed by atoms with E-state index in [0.717, 1.165) is 23.0 Å². The molecular weight excluding hydrogens is 395 g/mol. The molecule has 2 heterocycles. The molecule has 8 heteroatoms. The number of carbonyl (C=O) groups excluding carboxylic acids is 1. The molecule has 0 bridgehead atoms. The van der Waals surface area contributed by atoms with Gasteiger partial charge in [0.25, 0.3) is 0 Å². The predicted molar refractivity (Wildman–Crippen MR) is 105 cm³/mol. The minimum Gasteiger partial charge on any atom is -0.468 e. The van der Waals surface area contributed by atoms with Gasteiger partial charge < -0.3 is 10.1 Å². The van der Waals surface area contributed by atoms with Crippen LogP contribution in [-0.4, -0.2) is 28.7 Å². The van der Waals surface area contributed by atoms with E-state index in [1.54, 1.807) is 13.0 Å². The fourth-order valence-electron chi connectivity index (χ4n) is 3.39. The Morgan fingerprint density at radius 1 is 1.20 bits per heavy atom. The smallest absolute Gasteiger partial charge is 0.422 e. The summed E-state index contributed by atoms with van der Waals surface area (Å²) in [6.07, 6.45) is -2.26. The molecule has 1 saturated carbocycles. The van der Waals surface area contributed by atoms with Gasteiger partial charge in [-0.1, -0.05) is 30.3 Å². The average molecular weight is 415 g/mol. The number of hydrogen-bond donors (Lipinski definition) is 1. The van der Waals surface area contributed by atoms with Gasteiger partial charge in [0.15, 0.2) is 6.61 Å². The summed E-state index contributed by atoms with van der Waals surface area (Å²) < 4.78 is 41.2. The highest BCUT2D eigenvalue weighted by Crippen LogP contribution is 2.47. The first-order chi connectivity index (χ1) is 14.3. The van der Waals surface area contributed by atoms with Crippen molar-refractivity contribution in [1.29, 1.82) is 0 Å². The van der Waals surface area contributed by atoms with E-state index in [9.17, 15) is 18.0 Å². The summed E-state index contributed by atoms with van der Waals surface area (Å²) in [4.78, 5) is 21.2. The zero-order valence-electron chi connectivity index (χ0n) is 16.2. The standard InChI is InChI=1S/C22H20F3N3O2/c1-13(15-7-9-20(26-11-15)30-12-22(23,24)25)27-21(29)17-10-16(17)19-8-6-14-4-2-3-5-18(14)28-19/h2-9,11,13,16-17H,10,12H2,1H3,(H,27,29)/t13?,16-,17-/m1/s1. The summed E-state index contributed by atoms with van der Waals surface area (Å²) >= 11 is 0. The number of amides is 1. The summed E-state index contributed by atoms with van der Waals surface area (Å²) in [7, 11) is 0. The molecule has 1 aliphatic carbocycles. The largest absolute Gasteiger partial charge is 0.468 e. The van der Waals surface area contributed by atoms with Gasteiger partial charge in [-0.05, 0) is 31.0 Å². The number of pyridine rings is 2. The van der Waals surface area contributed by atoms with Gasteiger partial charge in [-0.15, -0.1) is 0 Å². The van der Waals surface area contributed by atoms with E-state index in [1.165, 1.54) is 12.3 Å². The number of hydrogen-bond acceptors (Lipinski definition) is 4. The lowest BCUT2D eigenvalue weighted by atomic mass is 10.1. The van der Waals surface area contributed by atoms with Gasteiger partial charge in [-0.2, -0.15) is 13.2 Å². The van der Waals surface area contributed by atoms with Crippen LogP contribution in [0.4, 0.5) is 13.2 Å². The number of rotatable bonds is 6. The van der Waals surface area contributed by atoms with E-state index in [2.05, 4.69) is 20.0 Å². The van der Waals surface area contributed by atoms with Crippen molar-refractivity contribution in [2.24, 2.45) is 5.92 Å². The Hall–Kier alpha value is -3.16. The second-order valence-electron chi connectivity index (χ2n) is 7.44. The first-order valence-electron chi connectivity index (χ1n) is 9.62. The molecule has 0 radical (unpaired) electrons. The fourth-order valence-corrected chi connectivity index (χ4v) is 3.39. The van der Waals surface area contributed by atoms with Gasteiger partial charge in [-0.25, -0.2) is 4.98 Å².